The van der Waals surface area contributed by atoms with Crippen LogP contribution in [0.4, 0.5) is 20.3 Å². The Bertz CT molecular complexity index is 686. The number of pyridine rings is 1. The van der Waals surface area contributed by atoms with Crippen LogP contribution in [0.3, 0.4) is 0 Å². The van der Waals surface area contributed by atoms with Crippen molar-refractivity contribution < 1.29 is 8.78 Å². The Morgan fingerprint density at radius 3 is 2.50 bits per heavy atom. The van der Waals surface area contributed by atoms with E-state index in [4.69, 9.17) is 18.0 Å². The predicted molar refractivity (Wildman–Crippen MR) is 79.2 cm³/mol. The zero-order valence-corrected chi connectivity index (χ0v) is 11.8. The van der Waals surface area contributed by atoms with Crippen LogP contribution in [0.15, 0.2) is 24.3 Å². The summed E-state index contributed by atoms with van der Waals surface area (Å²) in [5.74, 6) is -1.41. The van der Waals surface area contributed by atoms with Crippen LogP contribution in [0.2, 0.25) is 0 Å². The lowest BCUT2D eigenvalue weighted by atomic mass is 10.1. The van der Waals surface area contributed by atoms with Gasteiger partial charge in [-0.1, -0.05) is 12.2 Å². The summed E-state index contributed by atoms with van der Waals surface area (Å²) in [5, 5.41) is 2.92. The summed E-state index contributed by atoms with van der Waals surface area (Å²) in [5.41, 5.74) is 8.30. The summed E-state index contributed by atoms with van der Waals surface area (Å²) in [6.45, 7) is 3.69. The number of aryl methyl sites for hydroxylation is 2. The van der Waals surface area contributed by atoms with Crippen LogP contribution in [0, 0.1) is 25.5 Å². The molecule has 0 saturated carbocycles. The minimum absolute atomic E-state index is 0.195. The fourth-order valence-electron chi connectivity index (χ4n) is 1.95. The van der Waals surface area contributed by atoms with E-state index in [0.717, 1.165) is 23.4 Å². The molecule has 2 rings (SSSR count). The van der Waals surface area contributed by atoms with Gasteiger partial charge in [0, 0.05) is 17.4 Å². The van der Waals surface area contributed by atoms with E-state index in [1.165, 1.54) is 6.07 Å². The predicted octanol–water partition coefficient (Wildman–Crippen LogP) is 3.35. The molecule has 3 nitrogen and oxygen atoms in total. The molecule has 20 heavy (non-hydrogen) atoms. The molecule has 0 bridgehead atoms. The fraction of sp³-hybridized carbons (Fsp3) is 0.143. The lowest BCUT2D eigenvalue weighted by Gasteiger charge is -2.14. The summed E-state index contributed by atoms with van der Waals surface area (Å²) in [6, 6.07) is 5.37. The van der Waals surface area contributed by atoms with Crippen LogP contribution < -0.4 is 11.1 Å². The summed E-state index contributed by atoms with van der Waals surface area (Å²) in [7, 11) is 0. The van der Waals surface area contributed by atoms with Gasteiger partial charge in [0.15, 0.2) is 11.6 Å². The number of halogens is 2. The molecule has 104 valence electrons. The number of hydrogen-bond acceptors (Lipinski definition) is 3. The number of thiocarbonyl (C=S) groups is 1. The zero-order valence-electron chi connectivity index (χ0n) is 11.0. The van der Waals surface area contributed by atoms with Gasteiger partial charge in [-0.15, -0.1) is 0 Å². The van der Waals surface area contributed by atoms with E-state index in [2.05, 4.69) is 10.3 Å². The van der Waals surface area contributed by atoms with Crippen molar-refractivity contribution in [3.8, 4) is 0 Å². The number of anilines is 2. The van der Waals surface area contributed by atoms with Crippen LogP contribution in [0.25, 0.3) is 0 Å². The second-order valence-corrected chi connectivity index (χ2v) is 4.86. The van der Waals surface area contributed by atoms with E-state index in [1.54, 1.807) is 0 Å². The molecule has 0 saturated heterocycles. The van der Waals surface area contributed by atoms with Gasteiger partial charge in [-0.2, -0.15) is 0 Å². The lowest BCUT2D eigenvalue weighted by molar-refractivity contribution is 0.509. The van der Waals surface area contributed by atoms with E-state index in [-0.39, 0.29) is 4.99 Å². The highest BCUT2D eigenvalue weighted by molar-refractivity contribution is 7.80. The smallest absolute Gasteiger partial charge is 0.160 e. The van der Waals surface area contributed by atoms with Crippen molar-refractivity contribution in [2.24, 2.45) is 5.73 Å². The van der Waals surface area contributed by atoms with E-state index >= 15 is 0 Å². The maximum Gasteiger partial charge on any atom is 0.160 e. The van der Waals surface area contributed by atoms with Crippen molar-refractivity contribution in [3.63, 3.8) is 0 Å². The molecule has 6 heteroatoms. The molecular formula is C14H13F2N3S. The second-order valence-electron chi connectivity index (χ2n) is 4.42. The highest BCUT2D eigenvalue weighted by atomic mass is 32.1. The molecule has 1 aromatic carbocycles. The number of nitrogens with one attached hydrogen (secondary N) is 1. The number of rotatable bonds is 3. The average Bonchev–Trinajstić information content (AvgIpc) is 2.32. The summed E-state index contributed by atoms with van der Waals surface area (Å²) in [4.78, 5) is 4.50. The van der Waals surface area contributed by atoms with Gasteiger partial charge in [-0.3, -0.25) is 0 Å². The van der Waals surface area contributed by atoms with Gasteiger partial charge >= 0.3 is 0 Å². The molecule has 0 aliphatic heterocycles. The lowest BCUT2D eigenvalue weighted by Crippen LogP contribution is -2.15. The fourth-order valence-corrected chi connectivity index (χ4v) is 2.21. The molecule has 3 N–H and O–H groups in total. The molecular weight excluding hydrogens is 280 g/mol. The molecule has 0 aliphatic rings. The number of benzene rings is 1. The highest BCUT2D eigenvalue weighted by Crippen LogP contribution is 2.23. The van der Waals surface area contributed by atoms with Crippen molar-refractivity contribution >= 4 is 28.7 Å². The maximum atomic E-state index is 13.2. The Morgan fingerprint density at radius 1 is 1.20 bits per heavy atom. The number of nitrogens with two attached hydrogens (primary N) is 1. The largest absolute Gasteiger partial charge is 0.389 e. The van der Waals surface area contributed by atoms with Gasteiger partial charge in [0.2, 0.25) is 0 Å². The molecule has 0 amide bonds. The molecule has 0 atom stereocenters. The second kappa shape index (κ2) is 5.50. The minimum atomic E-state index is -0.934. The first kappa shape index (κ1) is 14.3. The van der Waals surface area contributed by atoms with Gasteiger partial charge in [0.05, 0.1) is 5.56 Å². The number of hydrogen-bond donors (Lipinski definition) is 2. The van der Waals surface area contributed by atoms with Gasteiger partial charge in [-0.25, -0.2) is 13.8 Å². The molecule has 1 aromatic heterocycles. The first-order valence-corrected chi connectivity index (χ1v) is 6.29. The normalized spacial score (nSPS) is 10.4. The Kier molecular flexibility index (Phi) is 3.94. The van der Waals surface area contributed by atoms with Crippen LogP contribution in [0.5, 0.6) is 0 Å². The standard InChI is InChI=1S/C14H13F2N3S/c1-7-5-8(2)18-14(12(7)13(17)20)19-9-3-4-10(15)11(16)6-9/h3-6H,1-2H3,(H2,17,20)(H,18,19). The van der Waals surface area contributed by atoms with E-state index in [9.17, 15) is 8.78 Å². The van der Waals surface area contributed by atoms with Crippen molar-refractivity contribution in [1.29, 1.82) is 0 Å². The Labute approximate surface area is 120 Å². The molecule has 2 aromatic rings. The number of nitrogens with zero attached hydrogens (tertiary/aromatic N) is 1. The van der Waals surface area contributed by atoms with Crippen LogP contribution in [0.1, 0.15) is 16.8 Å². The average molecular weight is 293 g/mol. The van der Waals surface area contributed by atoms with Crippen molar-refractivity contribution in [3.05, 3.63) is 52.7 Å². The third-order valence-electron chi connectivity index (χ3n) is 2.77. The van der Waals surface area contributed by atoms with E-state index < -0.39 is 11.6 Å². The van der Waals surface area contributed by atoms with Crippen molar-refractivity contribution in [2.75, 3.05) is 5.32 Å². The van der Waals surface area contributed by atoms with Crippen LogP contribution >= 0.6 is 12.2 Å². The van der Waals surface area contributed by atoms with Gasteiger partial charge in [0.25, 0.3) is 0 Å². The first-order chi connectivity index (χ1) is 9.38. The summed E-state index contributed by atoms with van der Waals surface area (Å²) in [6.07, 6.45) is 0. The van der Waals surface area contributed by atoms with Crippen LogP contribution in [-0.2, 0) is 0 Å². The van der Waals surface area contributed by atoms with Gasteiger partial charge < -0.3 is 11.1 Å². The SMILES string of the molecule is Cc1cc(C)c(C(N)=S)c(Nc2ccc(F)c(F)c2)n1. The van der Waals surface area contributed by atoms with Crippen molar-refractivity contribution in [1.82, 2.24) is 4.98 Å². The Hall–Kier alpha value is -2.08. The van der Waals surface area contributed by atoms with Gasteiger partial charge in [0.1, 0.15) is 10.8 Å². The van der Waals surface area contributed by atoms with Crippen LogP contribution in [-0.4, -0.2) is 9.97 Å². The highest BCUT2D eigenvalue weighted by Gasteiger charge is 2.12. The first-order valence-electron chi connectivity index (χ1n) is 5.88. The maximum absolute atomic E-state index is 13.2. The minimum Gasteiger partial charge on any atom is -0.389 e. The van der Waals surface area contributed by atoms with Gasteiger partial charge in [-0.05, 0) is 37.6 Å². The molecule has 0 radical (unpaired) electrons. The molecule has 0 aliphatic carbocycles. The Morgan fingerprint density at radius 2 is 1.90 bits per heavy atom. The Balaban J connectivity index is 2.47. The van der Waals surface area contributed by atoms with Crippen molar-refractivity contribution in [2.45, 2.75) is 13.8 Å². The van der Waals surface area contributed by atoms with E-state index in [0.29, 0.717) is 17.1 Å². The third-order valence-corrected chi connectivity index (χ3v) is 2.98. The molecule has 0 unspecified atom stereocenters. The van der Waals surface area contributed by atoms with E-state index in [1.807, 2.05) is 19.9 Å². The zero-order chi connectivity index (χ0) is 14.9. The quantitative estimate of drug-likeness (QED) is 0.852. The molecule has 0 fully saturated rings. The topological polar surface area (TPSA) is 50.9 Å². The number of aromatic nitrogens is 1. The summed E-state index contributed by atoms with van der Waals surface area (Å²) >= 11 is 5.01. The molecule has 0 spiro atoms. The molecule has 1 heterocycles. The monoisotopic (exact) mass is 293 g/mol. The summed E-state index contributed by atoms with van der Waals surface area (Å²) < 4.78 is 26.1. The third kappa shape index (κ3) is 2.91.